The number of hydrogen-bond donors (Lipinski definition) is 1. The number of ether oxygens (including phenoxy) is 1. The van der Waals surface area contributed by atoms with Gasteiger partial charge in [-0.05, 0) is 48.2 Å². The summed E-state index contributed by atoms with van der Waals surface area (Å²) in [5.41, 5.74) is 2.36. The van der Waals surface area contributed by atoms with Crippen LogP contribution in [0, 0.1) is 6.92 Å². The predicted octanol–water partition coefficient (Wildman–Crippen LogP) is 5.37. The van der Waals surface area contributed by atoms with Gasteiger partial charge in [0.25, 0.3) is 5.91 Å². The van der Waals surface area contributed by atoms with Gasteiger partial charge in [0.15, 0.2) is 0 Å². The molecule has 0 spiro atoms. The van der Waals surface area contributed by atoms with Crippen LogP contribution in [0.25, 0.3) is 10.8 Å². The number of pyridine rings is 1. The largest absolute Gasteiger partial charge is 0.488 e. The molecule has 0 unspecified atom stereocenters. The smallest absolute Gasteiger partial charge is 0.256 e. The van der Waals surface area contributed by atoms with Crippen LogP contribution in [0.3, 0.4) is 0 Å². The maximum atomic E-state index is 12.5. The summed E-state index contributed by atoms with van der Waals surface area (Å²) in [7, 11) is 0. The van der Waals surface area contributed by atoms with Crippen LogP contribution in [0.2, 0.25) is 0 Å². The van der Waals surface area contributed by atoms with E-state index in [4.69, 9.17) is 4.74 Å². The molecular formula is C24H20N2O2. The van der Waals surface area contributed by atoms with Crippen molar-refractivity contribution in [3.8, 4) is 5.75 Å². The zero-order valence-electron chi connectivity index (χ0n) is 15.6. The average Bonchev–Trinajstić information content (AvgIpc) is 2.72. The molecule has 3 aromatic carbocycles. The minimum Gasteiger partial charge on any atom is -0.488 e. The van der Waals surface area contributed by atoms with Crippen molar-refractivity contribution in [3.63, 3.8) is 0 Å². The van der Waals surface area contributed by atoms with Crippen LogP contribution in [0.5, 0.6) is 5.75 Å². The molecule has 1 N–H and O–H groups in total. The molecule has 0 aliphatic carbocycles. The molecule has 0 saturated heterocycles. The van der Waals surface area contributed by atoms with Crippen LogP contribution >= 0.6 is 0 Å². The number of rotatable bonds is 5. The highest BCUT2D eigenvalue weighted by molar-refractivity contribution is 6.03. The van der Waals surface area contributed by atoms with Gasteiger partial charge in [0.2, 0.25) is 0 Å². The van der Waals surface area contributed by atoms with Crippen molar-refractivity contribution >= 4 is 22.5 Å². The minimum atomic E-state index is -0.190. The SMILES string of the molecule is Cc1cccc(NC(=O)c2cccc(COc3cccc4ccccc34)c2)n1. The van der Waals surface area contributed by atoms with Crippen LogP contribution < -0.4 is 10.1 Å². The fourth-order valence-corrected chi connectivity index (χ4v) is 3.09. The van der Waals surface area contributed by atoms with E-state index >= 15 is 0 Å². The minimum absolute atomic E-state index is 0.190. The Morgan fingerprint density at radius 1 is 0.929 bits per heavy atom. The summed E-state index contributed by atoms with van der Waals surface area (Å²) in [4.78, 5) is 16.8. The van der Waals surface area contributed by atoms with E-state index < -0.39 is 0 Å². The maximum absolute atomic E-state index is 12.5. The van der Waals surface area contributed by atoms with Gasteiger partial charge in [-0.1, -0.05) is 54.6 Å². The third kappa shape index (κ3) is 4.01. The third-order valence-corrected chi connectivity index (χ3v) is 4.46. The normalized spacial score (nSPS) is 10.6. The van der Waals surface area contributed by atoms with Crippen molar-refractivity contribution in [2.75, 3.05) is 5.32 Å². The number of carbonyl (C=O) groups is 1. The molecule has 0 fully saturated rings. The summed E-state index contributed by atoms with van der Waals surface area (Å²) in [6, 6.07) is 27.1. The Balaban J connectivity index is 1.48. The lowest BCUT2D eigenvalue weighted by molar-refractivity contribution is 0.102. The molecule has 4 nitrogen and oxygen atoms in total. The predicted molar refractivity (Wildman–Crippen MR) is 112 cm³/mol. The standard InChI is InChI=1S/C24H20N2O2/c1-17-7-4-14-23(25-17)26-24(27)20-11-5-8-18(15-20)16-28-22-13-6-10-19-9-2-3-12-21(19)22/h2-15H,16H2,1H3,(H,25,26,27). The highest BCUT2D eigenvalue weighted by atomic mass is 16.5. The van der Waals surface area contributed by atoms with E-state index in [0.717, 1.165) is 27.8 Å². The van der Waals surface area contributed by atoms with E-state index in [1.165, 1.54) is 0 Å². The molecule has 0 atom stereocenters. The Bertz CT molecular complexity index is 1130. The highest BCUT2D eigenvalue weighted by Crippen LogP contribution is 2.26. The van der Waals surface area contributed by atoms with E-state index in [1.807, 2.05) is 67.6 Å². The highest BCUT2D eigenvalue weighted by Gasteiger charge is 2.09. The van der Waals surface area contributed by atoms with E-state index in [0.29, 0.717) is 18.0 Å². The van der Waals surface area contributed by atoms with Gasteiger partial charge in [0.1, 0.15) is 18.2 Å². The second-order valence-electron chi connectivity index (χ2n) is 6.58. The Hall–Kier alpha value is -3.66. The summed E-state index contributed by atoms with van der Waals surface area (Å²) >= 11 is 0. The van der Waals surface area contributed by atoms with Crippen molar-refractivity contribution in [3.05, 3.63) is 102 Å². The number of aryl methyl sites for hydroxylation is 1. The Morgan fingerprint density at radius 3 is 2.61 bits per heavy atom. The zero-order valence-corrected chi connectivity index (χ0v) is 15.6. The van der Waals surface area contributed by atoms with Crippen LogP contribution in [-0.2, 0) is 6.61 Å². The summed E-state index contributed by atoms with van der Waals surface area (Å²) in [6.07, 6.45) is 0. The first-order valence-electron chi connectivity index (χ1n) is 9.13. The zero-order chi connectivity index (χ0) is 19.3. The lowest BCUT2D eigenvalue weighted by Gasteiger charge is -2.10. The topological polar surface area (TPSA) is 51.2 Å². The molecule has 0 aliphatic rings. The number of nitrogens with zero attached hydrogens (tertiary/aromatic N) is 1. The lowest BCUT2D eigenvalue weighted by Crippen LogP contribution is -2.13. The fraction of sp³-hybridized carbons (Fsp3) is 0.0833. The van der Waals surface area contributed by atoms with Crippen LogP contribution in [0.1, 0.15) is 21.6 Å². The number of benzene rings is 3. The van der Waals surface area contributed by atoms with Crippen LogP contribution in [0.15, 0.2) is 84.9 Å². The lowest BCUT2D eigenvalue weighted by atomic mass is 10.1. The monoisotopic (exact) mass is 368 g/mol. The Morgan fingerprint density at radius 2 is 1.71 bits per heavy atom. The van der Waals surface area contributed by atoms with Crippen molar-refractivity contribution in [1.82, 2.24) is 4.98 Å². The third-order valence-electron chi connectivity index (χ3n) is 4.46. The van der Waals surface area contributed by atoms with Gasteiger partial charge in [0, 0.05) is 16.6 Å². The van der Waals surface area contributed by atoms with Gasteiger partial charge in [-0.2, -0.15) is 0 Å². The summed E-state index contributed by atoms with van der Waals surface area (Å²) in [6.45, 7) is 2.28. The Labute approximate surface area is 163 Å². The molecule has 4 aromatic rings. The fourth-order valence-electron chi connectivity index (χ4n) is 3.09. The molecule has 4 heteroatoms. The number of hydrogen-bond acceptors (Lipinski definition) is 3. The number of carbonyl (C=O) groups excluding carboxylic acids is 1. The number of aromatic nitrogens is 1. The molecule has 0 bridgehead atoms. The number of anilines is 1. The first kappa shape index (κ1) is 17.7. The molecule has 1 aromatic heterocycles. The van der Waals surface area contributed by atoms with Gasteiger partial charge in [0.05, 0.1) is 0 Å². The average molecular weight is 368 g/mol. The summed E-state index contributed by atoms with van der Waals surface area (Å²) < 4.78 is 6.03. The first-order valence-corrected chi connectivity index (χ1v) is 9.13. The summed E-state index contributed by atoms with van der Waals surface area (Å²) in [5, 5.41) is 5.04. The van der Waals surface area contributed by atoms with Gasteiger partial charge in [-0.25, -0.2) is 4.98 Å². The van der Waals surface area contributed by atoms with E-state index in [1.54, 1.807) is 12.1 Å². The molecule has 0 radical (unpaired) electrons. The van der Waals surface area contributed by atoms with Gasteiger partial charge in [-0.15, -0.1) is 0 Å². The maximum Gasteiger partial charge on any atom is 0.256 e. The summed E-state index contributed by atoms with van der Waals surface area (Å²) in [5.74, 6) is 1.18. The molecule has 28 heavy (non-hydrogen) atoms. The Kier molecular flexibility index (Phi) is 5.02. The van der Waals surface area contributed by atoms with Gasteiger partial charge >= 0.3 is 0 Å². The first-order chi connectivity index (χ1) is 13.7. The molecule has 0 aliphatic heterocycles. The van der Waals surface area contributed by atoms with E-state index in [2.05, 4.69) is 22.4 Å². The second kappa shape index (κ2) is 7.92. The van der Waals surface area contributed by atoms with Crippen LogP contribution in [0.4, 0.5) is 5.82 Å². The van der Waals surface area contributed by atoms with Crippen molar-refractivity contribution in [2.45, 2.75) is 13.5 Å². The van der Waals surface area contributed by atoms with E-state index in [9.17, 15) is 4.79 Å². The number of fused-ring (bicyclic) bond motifs is 1. The molecule has 1 amide bonds. The molecule has 1 heterocycles. The van der Waals surface area contributed by atoms with Crippen molar-refractivity contribution in [2.24, 2.45) is 0 Å². The van der Waals surface area contributed by atoms with Crippen LogP contribution in [-0.4, -0.2) is 10.9 Å². The molecule has 4 rings (SSSR count). The van der Waals surface area contributed by atoms with Gasteiger partial charge in [-0.3, -0.25) is 4.79 Å². The molecule has 138 valence electrons. The molecular weight excluding hydrogens is 348 g/mol. The second-order valence-corrected chi connectivity index (χ2v) is 6.58. The number of amides is 1. The van der Waals surface area contributed by atoms with E-state index in [-0.39, 0.29) is 5.91 Å². The quantitative estimate of drug-likeness (QED) is 0.515. The number of nitrogens with one attached hydrogen (secondary N) is 1. The van der Waals surface area contributed by atoms with Crippen molar-refractivity contribution in [1.29, 1.82) is 0 Å². The molecule has 0 saturated carbocycles. The van der Waals surface area contributed by atoms with Crippen molar-refractivity contribution < 1.29 is 9.53 Å². The van der Waals surface area contributed by atoms with Gasteiger partial charge < -0.3 is 10.1 Å².